The van der Waals surface area contributed by atoms with Crippen LogP contribution in [0.5, 0.6) is 5.75 Å². The molecule has 0 aliphatic heterocycles. The number of aryl methyl sites for hydroxylation is 1. The highest BCUT2D eigenvalue weighted by atomic mass is 35.7. The first-order valence-electron chi connectivity index (χ1n) is 5.64. The van der Waals surface area contributed by atoms with Crippen LogP contribution >= 0.6 is 10.7 Å². The van der Waals surface area contributed by atoms with Gasteiger partial charge in [-0.1, -0.05) is 0 Å². The standard InChI is InChI=1S/C11H15ClN2O5S/c1-8-6-9(14(15)16)7-10(20(12,17)18)11(8)19-5-4-13(2)3/h6-7H,4-5H2,1-3H3. The average Bonchev–Trinajstić information content (AvgIpc) is 2.28. The smallest absolute Gasteiger partial charge is 0.271 e. The largest absolute Gasteiger partial charge is 0.491 e. The van der Waals surface area contributed by atoms with Crippen molar-refractivity contribution < 1.29 is 18.1 Å². The van der Waals surface area contributed by atoms with Gasteiger partial charge in [-0.15, -0.1) is 0 Å². The molecule has 0 aliphatic carbocycles. The quantitative estimate of drug-likeness (QED) is 0.450. The highest BCUT2D eigenvalue weighted by Crippen LogP contribution is 2.34. The molecule has 0 saturated heterocycles. The average molecular weight is 323 g/mol. The Morgan fingerprint density at radius 3 is 2.45 bits per heavy atom. The Morgan fingerprint density at radius 2 is 2.00 bits per heavy atom. The molecule has 0 N–H and O–H groups in total. The van der Waals surface area contributed by atoms with E-state index in [-0.39, 0.29) is 22.9 Å². The Balaban J connectivity index is 3.24. The highest BCUT2D eigenvalue weighted by molar-refractivity contribution is 8.13. The van der Waals surface area contributed by atoms with Crippen molar-refractivity contribution in [2.75, 3.05) is 27.2 Å². The lowest BCUT2D eigenvalue weighted by molar-refractivity contribution is -0.385. The van der Waals surface area contributed by atoms with Gasteiger partial charge in [0.1, 0.15) is 17.3 Å². The minimum Gasteiger partial charge on any atom is -0.491 e. The molecule has 0 spiro atoms. The zero-order valence-electron chi connectivity index (χ0n) is 11.3. The molecule has 9 heteroatoms. The molecule has 1 aromatic rings. The molecule has 1 aromatic carbocycles. The molecule has 7 nitrogen and oxygen atoms in total. The first-order valence-corrected chi connectivity index (χ1v) is 7.95. The molecule has 0 aliphatic rings. The van der Waals surface area contributed by atoms with Crippen LogP contribution in [0.1, 0.15) is 5.56 Å². The van der Waals surface area contributed by atoms with Gasteiger partial charge in [-0.2, -0.15) is 0 Å². The maximum atomic E-state index is 11.5. The Kier molecular flexibility index (Phi) is 5.32. The van der Waals surface area contributed by atoms with E-state index in [0.717, 1.165) is 6.07 Å². The van der Waals surface area contributed by atoms with Crippen LogP contribution in [-0.2, 0) is 9.05 Å². The minimum atomic E-state index is -4.13. The van der Waals surface area contributed by atoms with Crippen LogP contribution in [-0.4, -0.2) is 45.5 Å². The van der Waals surface area contributed by atoms with Crippen molar-refractivity contribution in [3.8, 4) is 5.75 Å². The van der Waals surface area contributed by atoms with Gasteiger partial charge in [0.15, 0.2) is 0 Å². The topological polar surface area (TPSA) is 89.8 Å². The maximum absolute atomic E-state index is 11.5. The van der Waals surface area contributed by atoms with Crippen LogP contribution in [0, 0.1) is 17.0 Å². The van der Waals surface area contributed by atoms with Crippen molar-refractivity contribution in [2.24, 2.45) is 0 Å². The van der Waals surface area contributed by atoms with Crippen molar-refractivity contribution in [2.45, 2.75) is 11.8 Å². The molecule has 1 rings (SSSR count). The van der Waals surface area contributed by atoms with Crippen LogP contribution in [0.25, 0.3) is 0 Å². The van der Waals surface area contributed by atoms with E-state index in [1.807, 2.05) is 19.0 Å². The molecule has 112 valence electrons. The summed E-state index contributed by atoms with van der Waals surface area (Å²) in [6.45, 7) is 2.34. The molecule has 0 bridgehead atoms. The number of hydrogen-bond donors (Lipinski definition) is 0. The van der Waals surface area contributed by atoms with E-state index in [1.54, 1.807) is 0 Å². The van der Waals surface area contributed by atoms with Crippen molar-refractivity contribution >= 4 is 25.4 Å². The predicted molar refractivity (Wildman–Crippen MR) is 74.9 cm³/mol. The third-order valence-corrected chi connectivity index (χ3v) is 3.81. The Morgan fingerprint density at radius 1 is 1.40 bits per heavy atom. The number of rotatable bonds is 6. The monoisotopic (exact) mass is 322 g/mol. The number of hydrogen-bond acceptors (Lipinski definition) is 6. The number of ether oxygens (including phenoxy) is 1. The van der Waals surface area contributed by atoms with Crippen LogP contribution in [0.3, 0.4) is 0 Å². The molecule has 0 atom stereocenters. The summed E-state index contributed by atoms with van der Waals surface area (Å²) in [5.41, 5.74) is -0.00105. The fourth-order valence-electron chi connectivity index (χ4n) is 1.52. The fraction of sp³-hybridized carbons (Fsp3) is 0.455. The van der Waals surface area contributed by atoms with E-state index < -0.39 is 14.0 Å². The molecule has 0 aromatic heterocycles. The van der Waals surface area contributed by atoms with Gasteiger partial charge in [-0.25, -0.2) is 8.42 Å². The molecular weight excluding hydrogens is 308 g/mol. The van der Waals surface area contributed by atoms with E-state index in [1.165, 1.54) is 13.0 Å². The van der Waals surface area contributed by atoms with Crippen LogP contribution in [0.4, 0.5) is 5.69 Å². The van der Waals surface area contributed by atoms with E-state index in [4.69, 9.17) is 15.4 Å². The lowest BCUT2D eigenvalue weighted by Gasteiger charge is -2.14. The minimum absolute atomic E-state index is 0.0486. The zero-order valence-corrected chi connectivity index (χ0v) is 12.9. The van der Waals surface area contributed by atoms with E-state index in [0.29, 0.717) is 12.1 Å². The van der Waals surface area contributed by atoms with Crippen LogP contribution in [0.15, 0.2) is 17.0 Å². The molecule has 0 fully saturated rings. The molecule has 0 saturated carbocycles. The molecule has 20 heavy (non-hydrogen) atoms. The summed E-state index contributed by atoms with van der Waals surface area (Å²) >= 11 is 0. The van der Waals surface area contributed by atoms with Gasteiger partial charge in [-0.05, 0) is 26.6 Å². The van der Waals surface area contributed by atoms with Gasteiger partial charge in [-0.3, -0.25) is 10.1 Å². The van der Waals surface area contributed by atoms with Gasteiger partial charge >= 0.3 is 0 Å². The molecular formula is C11H15ClN2O5S. The van der Waals surface area contributed by atoms with E-state index in [9.17, 15) is 18.5 Å². The lowest BCUT2D eigenvalue weighted by Crippen LogP contribution is -2.20. The Bertz CT molecular complexity index is 615. The van der Waals surface area contributed by atoms with Crippen molar-refractivity contribution in [1.29, 1.82) is 0 Å². The van der Waals surface area contributed by atoms with Gasteiger partial charge < -0.3 is 9.64 Å². The number of nitro benzene ring substituents is 1. The predicted octanol–water partition coefficient (Wildman–Crippen LogP) is 1.77. The van der Waals surface area contributed by atoms with Crippen molar-refractivity contribution in [3.63, 3.8) is 0 Å². The number of non-ortho nitro benzene ring substituents is 1. The van der Waals surface area contributed by atoms with Crippen molar-refractivity contribution in [3.05, 3.63) is 27.8 Å². The number of halogens is 1. The summed E-state index contributed by atoms with van der Waals surface area (Å²) in [6, 6.07) is 2.15. The normalized spacial score (nSPS) is 11.7. The third kappa shape index (κ3) is 4.32. The van der Waals surface area contributed by atoms with Crippen LogP contribution < -0.4 is 4.74 Å². The van der Waals surface area contributed by atoms with Gasteiger partial charge in [0.25, 0.3) is 14.7 Å². The summed E-state index contributed by atoms with van der Waals surface area (Å²) < 4.78 is 28.5. The summed E-state index contributed by atoms with van der Waals surface area (Å²) in [4.78, 5) is 11.6. The second-order valence-electron chi connectivity index (χ2n) is 4.44. The number of nitrogens with zero attached hydrogens (tertiary/aromatic N) is 2. The summed E-state index contributed by atoms with van der Waals surface area (Å²) in [5, 5.41) is 10.8. The van der Waals surface area contributed by atoms with Gasteiger partial charge in [0.2, 0.25) is 0 Å². The fourth-order valence-corrected chi connectivity index (χ4v) is 2.57. The molecule has 0 amide bonds. The van der Waals surface area contributed by atoms with Crippen LogP contribution in [0.2, 0.25) is 0 Å². The van der Waals surface area contributed by atoms with Gasteiger partial charge in [0.05, 0.1) is 4.92 Å². The molecule has 0 radical (unpaired) electrons. The number of nitro groups is 1. The Hall–Kier alpha value is -1.38. The first kappa shape index (κ1) is 16.7. The van der Waals surface area contributed by atoms with E-state index >= 15 is 0 Å². The summed E-state index contributed by atoms with van der Waals surface area (Å²) in [7, 11) is 4.86. The second-order valence-corrected chi connectivity index (χ2v) is 6.97. The summed E-state index contributed by atoms with van der Waals surface area (Å²) in [6.07, 6.45) is 0. The zero-order chi connectivity index (χ0) is 15.5. The molecule has 0 unspecified atom stereocenters. The number of benzene rings is 1. The lowest BCUT2D eigenvalue weighted by atomic mass is 10.2. The Labute approximate surface area is 121 Å². The van der Waals surface area contributed by atoms with E-state index in [2.05, 4.69) is 0 Å². The first-order chi connectivity index (χ1) is 9.12. The highest BCUT2D eigenvalue weighted by Gasteiger charge is 2.24. The van der Waals surface area contributed by atoms with Crippen molar-refractivity contribution in [1.82, 2.24) is 4.90 Å². The number of likely N-dealkylation sites (N-methyl/N-ethyl adjacent to an activating group) is 1. The third-order valence-electron chi connectivity index (χ3n) is 2.48. The maximum Gasteiger partial charge on any atom is 0.271 e. The second kappa shape index (κ2) is 6.38. The SMILES string of the molecule is Cc1cc([N+](=O)[O-])cc(S(=O)(=O)Cl)c1OCCN(C)C. The summed E-state index contributed by atoms with van der Waals surface area (Å²) in [5.74, 6) is 0.0486. The van der Waals surface area contributed by atoms with Gasteiger partial charge in [0, 0.05) is 29.4 Å². The molecule has 0 heterocycles.